The van der Waals surface area contributed by atoms with Gasteiger partial charge in [-0.3, -0.25) is 0 Å². The molecule has 1 aliphatic carbocycles. The van der Waals surface area contributed by atoms with Gasteiger partial charge in [0.15, 0.2) is 0 Å². The number of benzene rings is 3. The second-order valence-corrected chi connectivity index (χ2v) is 7.47. The van der Waals surface area contributed by atoms with Crippen LogP contribution in [-0.2, 0) is 19.3 Å². The van der Waals surface area contributed by atoms with E-state index in [-0.39, 0.29) is 0 Å². The summed E-state index contributed by atoms with van der Waals surface area (Å²) in [6, 6.07) is 23.0. The largest absolute Gasteiger partial charge is 0.0620 e. The highest BCUT2D eigenvalue weighted by Crippen LogP contribution is 2.39. The van der Waals surface area contributed by atoms with Gasteiger partial charge in [0.1, 0.15) is 0 Å². The van der Waals surface area contributed by atoms with Gasteiger partial charge in [-0.25, -0.2) is 0 Å². The van der Waals surface area contributed by atoms with Crippen LogP contribution < -0.4 is 0 Å². The standard InChI is InChI=1S/C25H26/c1-4-19-10-12-25-21(14-19)16-22(15-20-7-5-6-8-24(20)25)23-11-9-17(2)13-18(23)3/h5-14,22H,4,15-16H2,1-3H3. The van der Waals surface area contributed by atoms with Crippen LogP contribution >= 0.6 is 0 Å². The molecule has 1 unspecified atom stereocenters. The molecule has 0 N–H and O–H groups in total. The molecule has 0 saturated heterocycles. The van der Waals surface area contributed by atoms with Gasteiger partial charge in [0.05, 0.1) is 0 Å². The van der Waals surface area contributed by atoms with Gasteiger partial charge in [-0.15, -0.1) is 0 Å². The van der Waals surface area contributed by atoms with E-state index in [9.17, 15) is 0 Å². The van der Waals surface area contributed by atoms with Crippen LogP contribution in [0.4, 0.5) is 0 Å². The molecule has 4 rings (SSSR count). The van der Waals surface area contributed by atoms with Crippen LogP contribution in [0.1, 0.15) is 46.2 Å². The molecule has 0 radical (unpaired) electrons. The predicted molar refractivity (Wildman–Crippen MR) is 107 cm³/mol. The zero-order chi connectivity index (χ0) is 17.4. The molecule has 0 amide bonds. The summed E-state index contributed by atoms with van der Waals surface area (Å²) in [4.78, 5) is 0. The average molecular weight is 326 g/mol. The van der Waals surface area contributed by atoms with Gasteiger partial charge in [0.2, 0.25) is 0 Å². The molecule has 0 fully saturated rings. The van der Waals surface area contributed by atoms with Crippen molar-refractivity contribution in [3.63, 3.8) is 0 Å². The van der Waals surface area contributed by atoms with Crippen LogP contribution in [0.3, 0.4) is 0 Å². The van der Waals surface area contributed by atoms with Gasteiger partial charge < -0.3 is 0 Å². The Balaban J connectivity index is 1.87. The van der Waals surface area contributed by atoms with Crippen molar-refractivity contribution in [3.05, 3.63) is 94.0 Å². The van der Waals surface area contributed by atoms with Gasteiger partial charge in [0.25, 0.3) is 0 Å². The molecular formula is C25H26. The van der Waals surface area contributed by atoms with Gasteiger partial charge in [-0.1, -0.05) is 73.2 Å². The first-order valence-corrected chi connectivity index (χ1v) is 9.43. The predicted octanol–water partition coefficient (Wildman–Crippen LogP) is 6.42. The average Bonchev–Trinajstić information content (AvgIpc) is 2.77. The third kappa shape index (κ3) is 3.02. The van der Waals surface area contributed by atoms with Crippen molar-refractivity contribution < 1.29 is 0 Å². The highest BCUT2D eigenvalue weighted by atomic mass is 14.3. The molecule has 0 saturated carbocycles. The van der Waals surface area contributed by atoms with Crippen molar-refractivity contribution in [2.45, 2.75) is 46.0 Å². The molecular weight excluding hydrogens is 300 g/mol. The molecule has 0 heterocycles. The normalized spacial score (nSPS) is 16.0. The maximum absolute atomic E-state index is 2.44. The summed E-state index contributed by atoms with van der Waals surface area (Å²) in [5, 5.41) is 0. The van der Waals surface area contributed by atoms with Gasteiger partial charge in [-0.2, -0.15) is 0 Å². The van der Waals surface area contributed by atoms with E-state index >= 15 is 0 Å². The molecule has 0 aromatic heterocycles. The fraction of sp³-hybridized carbons (Fsp3) is 0.280. The maximum atomic E-state index is 2.44. The van der Waals surface area contributed by atoms with Crippen LogP contribution in [0.2, 0.25) is 0 Å². The summed E-state index contributed by atoms with van der Waals surface area (Å²) < 4.78 is 0. The molecule has 3 aromatic rings. The Labute approximate surface area is 151 Å². The fourth-order valence-electron chi connectivity index (χ4n) is 4.37. The van der Waals surface area contributed by atoms with E-state index in [4.69, 9.17) is 0 Å². The minimum atomic E-state index is 0.551. The zero-order valence-electron chi connectivity index (χ0n) is 15.5. The topological polar surface area (TPSA) is 0 Å². The van der Waals surface area contributed by atoms with Crippen molar-refractivity contribution >= 4 is 0 Å². The number of hydrogen-bond acceptors (Lipinski definition) is 0. The van der Waals surface area contributed by atoms with E-state index in [1.165, 1.54) is 44.5 Å². The number of rotatable bonds is 2. The van der Waals surface area contributed by atoms with E-state index in [1.54, 1.807) is 0 Å². The molecule has 25 heavy (non-hydrogen) atoms. The van der Waals surface area contributed by atoms with Crippen LogP contribution in [0.5, 0.6) is 0 Å². The summed E-state index contributed by atoms with van der Waals surface area (Å²) in [6.07, 6.45) is 3.35. The molecule has 0 spiro atoms. The Morgan fingerprint density at radius 1 is 0.800 bits per heavy atom. The summed E-state index contributed by atoms with van der Waals surface area (Å²) >= 11 is 0. The Kier molecular flexibility index (Phi) is 4.21. The Hall–Kier alpha value is -2.34. The molecule has 126 valence electrons. The quantitative estimate of drug-likeness (QED) is 0.510. The third-order valence-electron chi connectivity index (χ3n) is 5.68. The minimum Gasteiger partial charge on any atom is -0.0620 e. The highest BCUT2D eigenvalue weighted by molar-refractivity contribution is 5.72. The van der Waals surface area contributed by atoms with Crippen LogP contribution in [0, 0.1) is 13.8 Å². The van der Waals surface area contributed by atoms with Crippen molar-refractivity contribution in [1.82, 2.24) is 0 Å². The third-order valence-corrected chi connectivity index (χ3v) is 5.68. The number of aryl methyl sites for hydroxylation is 3. The van der Waals surface area contributed by atoms with Gasteiger partial charge in [0, 0.05) is 0 Å². The lowest BCUT2D eigenvalue weighted by Crippen LogP contribution is -2.07. The first-order chi connectivity index (χ1) is 12.2. The van der Waals surface area contributed by atoms with Crippen LogP contribution in [0.25, 0.3) is 11.1 Å². The molecule has 0 bridgehead atoms. The number of hydrogen-bond donors (Lipinski definition) is 0. The summed E-state index contributed by atoms with van der Waals surface area (Å²) in [6.45, 7) is 6.69. The number of fused-ring (bicyclic) bond motifs is 3. The molecule has 1 atom stereocenters. The Morgan fingerprint density at radius 2 is 1.56 bits per heavy atom. The van der Waals surface area contributed by atoms with Gasteiger partial charge >= 0.3 is 0 Å². The Morgan fingerprint density at radius 3 is 2.36 bits per heavy atom. The van der Waals surface area contributed by atoms with Crippen molar-refractivity contribution in [2.75, 3.05) is 0 Å². The summed E-state index contributed by atoms with van der Waals surface area (Å²) in [7, 11) is 0. The molecule has 0 aliphatic heterocycles. The lowest BCUT2D eigenvalue weighted by atomic mass is 9.85. The molecule has 0 nitrogen and oxygen atoms in total. The SMILES string of the molecule is CCc1ccc2c(c1)CC(c1ccc(C)cc1C)Cc1ccccc1-2. The highest BCUT2D eigenvalue weighted by Gasteiger charge is 2.23. The zero-order valence-corrected chi connectivity index (χ0v) is 15.5. The summed E-state index contributed by atoms with van der Waals surface area (Å²) in [5.74, 6) is 0.551. The van der Waals surface area contributed by atoms with E-state index < -0.39 is 0 Å². The van der Waals surface area contributed by atoms with Crippen molar-refractivity contribution in [2.24, 2.45) is 0 Å². The molecule has 3 aromatic carbocycles. The first-order valence-electron chi connectivity index (χ1n) is 9.43. The maximum Gasteiger partial charge on any atom is -0.00780 e. The Bertz CT molecular complexity index is 917. The molecule has 1 aliphatic rings. The smallest absolute Gasteiger partial charge is 0.00780 e. The van der Waals surface area contributed by atoms with E-state index in [1.807, 2.05) is 0 Å². The fourth-order valence-corrected chi connectivity index (χ4v) is 4.37. The monoisotopic (exact) mass is 326 g/mol. The van der Waals surface area contributed by atoms with E-state index in [2.05, 4.69) is 81.4 Å². The second kappa shape index (κ2) is 6.52. The van der Waals surface area contributed by atoms with Crippen LogP contribution in [-0.4, -0.2) is 0 Å². The lowest BCUT2D eigenvalue weighted by molar-refractivity contribution is 0.683. The summed E-state index contributed by atoms with van der Waals surface area (Å²) in [5.41, 5.74) is 11.6. The van der Waals surface area contributed by atoms with Crippen LogP contribution in [0.15, 0.2) is 60.7 Å². The second-order valence-electron chi connectivity index (χ2n) is 7.47. The molecule has 0 heteroatoms. The van der Waals surface area contributed by atoms with Crippen molar-refractivity contribution in [3.8, 4) is 11.1 Å². The van der Waals surface area contributed by atoms with Gasteiger partial charge in [-0.05, 0) is 78.0 Å². The first kappa shape index (κ1) is 16.1. The van der Waals surface area contributed by atoms with E-state index in [0.717, 1.165) is 19.3 Å². The van der Waals surface area contributed by atoms with E-state index in [0.29, 0.717) is 5.92 Å². The lowest BCUT2D eigenvalue weighted by Gasteiger charge is -2.19. The minimum absolute atomic E-state index is 0.551. The van der Waals surface area contributed by atoms with Crippen molar-refractivity contribution in [1.29, 1.82) is 0 Å².